The van der Waals surface area contributed by atoms with Gasteiger partial charge in [0.15, 0.2) is 0 Å². The molecule has 0 fully saturated rings. The first kappa shape index (κ1) is 23.7. The van der Waals surface area contributed by atoms with E-state index < -0.39 is 0 Å². The standard InChI is InChI=1S/C52H33NS/c1-3-14-40-36(12-1)32-49(45-18-6-5-16-43(40)45)35-26-30-39(31-27-35)53(50-33-37-13-2-4-15-41(37)44-17-7-8-19-46(44)50)38-28-24-34(25-29-38)42-21-11-22-48-47-20-9-10-23-51(47)54-52(42)48/h1-33H/i24D,25D,26D,27D,28D,29D,30D,31D. The van der Waals surface area contributed by atoms with E-state index in [0.717, 1.165) is 57.9 Å². The topological polar surface area (TPSA) is 3.24 Å². The predicted octanol–water partition coefficient (Wildman–Crippen LogP) is 15.5. The molecule has 0 amide bonds. The summed E-state index contributed by atoms with van der Waals surface area (Å²) in [5.41, 5.74) is 1.42. The fraction of sp³-hybridized carbons (Fsp3) is 0. The normalized spacial score (nSPS) is 13.8. The van der Waals surface area contributed by atoms with E-state index in [1.54, 1.807) is 0 Å². The third-order valence-electron chi connectivity index (χ3n) is 10.4. The van der Waals surface area contributed by atoms with Gasteiger partial charge in [0.05, 0.1) is 16.7 Å². The van der Waals surface area contributed by atoms with Crippen molar-refractivity contribution in [2.24, 2.45) is 0 Å². The molecule has 11 aromatic rings. The fourth-order valence-corrected chi connectivity index (χ4v) is 9.10. The molecular formula is C52H33NS. The number of nitrogens with zero attached hydrogens (tertiary/aromatic N) is 1. The molecule has 54 heavy (non-hydrogen) atoms. The maximum atomic E-state index is 9.82. The Hall–Kier alpha value is -6.74. The maximum Gasteiger partial charge on any atom is 0.0645 e. The van der Waals surface area contributed by atoms with Crippen LogP contribution >= 0.6 is 11.3 Å². The summed E-state index contributed by atoms with van der Waals surface area (Å²) in [7, 11) is 0. The second-order valence-electron chi connectivity index (χ2n) is 13.4. The molecule has 1 heterocycles. The Labute approximate surface area is 328 Å². The monoisotopic (exact) mass is 711 g/mol. The summed E-state index contributed by atoms with van der Waals surface area (Å²) in [6, 6.07) is 45.9. The molecule has 1 nitrogen and oxygen atoms in total. The van der Waals surface area contributed by atoms with Crippen LogP contribution in [0.3, 0.4) is 0 Å². The lowest BCUT2D eigenvalue weighted by Crippen LogP contribution is -2.10. The van der Waals surface area contributed by atoms with Crippen LogP contribution in [0.2, 0.25) is 0 Å². The molecule has 2 heteroatoms. The molecule has 1 aromatic heterocycles. The Morgan fingerprint density at radius 1 is 0.370 bits per heavy atom. The zero-order valence-electron chi connectivity index (χ0n) is 36.8. The number of benzene rings is 10. The van der Waals surface area contributed by atoms with Crippen LogP contribution in [-0.2, 0) is 0 Å². The van der Waals surface area contributed by atoms with E-state index in [1.807, 2.05) is 152 Å². The van der Waals surface area contributed by atoms with E-state index in [4.69, 9.17) is 0 Å². The van der Waals surface area contributed by atoms with Gasteiger partial charge in [-0.05, 0) is 102 Å². The first-order chi connectivity index (χ1) is 30.1. The lowest BCUT2D eigenvalue weighted by molar-refractivity contribution is 1.30. The number of thiophene rings is 1. The van der Waals surface area contributed by atoms with E-state index in [2.05, 4.69) is 0 Å². The van der Waals surface area contributed by atoms with Crippen LogP contribution in [0.4, 0.5) is 17.1 Å². The Morgan fingerprint density at radius 2 is 0.852 bits per heavy atom. The molecule has 252 valence electrons. The molecular weight excluding hydrogens is 671 g/mol. The summed E-state index contributed by atoms with van der Waals surface area (Å²) in [6.07, 6.45) is 0. The van der Waals surface area contributed by atoms with Gasteiger partial charge in [-0.25, -0.2) is 0 Å². The predicted molar refractivity (Wildman–Crippen MR) is 235 cm³/mol. The van der Waals surface area contributed by atoms with Crippen molar-refractivity contribution in [2.45, 2.75) is 0 Å². The lowest BCUT2D eigenvalue weighted by Gasteiger charge is -2.28. The summed E-state index contributed by atoms with van der Waals surface area (Å²) in [5.74, 6) is 0. The van der Waals surface area contributed by atoms with Crippen molar-refractivity contribution >= 4 is 91.7 Å². The lowest BCUT2D eigenvalue weighted by atomic mass is 9.93. The molecule has 0 atom stereocenters. The smallest absolute Gasteiger partial charge is 0.0645 e. The highest BCUT2D eigenvalue weighted by Crippen LogP contribution is 2.45. The molecule has 0 aliphatic carbocycles. The third-order valence-corrected chi connectivity index (χ3v) is 11.6. The van der Waals surface area contributed by atoms with Gasteiger partial charge in [-0.2, -0.15) is 0 Å². The summed E-state index contributed by atoms with van der Waals surface area (Å²) in [4.78, 5) is 1.43. The SMILES string of the molecule is [2H]c1c([2H])c(N(c2c([2H])c([2H])c(-c3cccc4c3sc3ccccc34)c([2H])c2[2H])c2cc3ccccc3c3ccccc23)c([2H])c([2H])c1-c1cc2ccccc2c2ccccc12. The zero-order valence-corrected chi connectivity index (χ0v) is 29.6. The molecule has 0 radical (unpaired) electrons. The van der Waals surface area contributed by atoms with Gasteiger partial charge in [-0.3, -0.25) is 0 Å². The number of rotatable bonds is 5. The highest BCUT2D eigenvalue weighted by molar-refractivity contribution is 7.26. The second kappa shape index (κ2) is 12.4. The number of anilines is 3. The third kappa shape index (κ3) is 4.92. The minimum atomic E-state index is -0.383. The summed E-state index contributed by atoms with van der Waals surface area (Å²) in [6.45, 7) is 0. The van der Waals surface area contributed by atoms with Crippen LogP contribution in [0.1, 0.15) is 11.0 Å². The molecule has 0 unspecified atom stereocenters. The maximum absolute atomic E-state index is 9.82. The minimum Gasteiger partial charge on any atom is -0.310 e. The Bertz CT molecular complexity index is 3650. The van der Waals surface area contributed by atoms with Gasteiger partial charge in [0.2, 0.25) is 0 Å². The van der Waals surface area contributed by atoms with Crippen LogP contribution in [0, 0.1) is 0 Å². The number of fused-ring (bicyclic) bond motifs is 9. The van der Waals surface area contributed by atoms with E-state index >= 15 is 0 Å². The quantitative estimate of drug-likeness (QED) is 0.161. The Morgan fingerprint density at radius 3 is 1.52 bits per heavy atom. The molecule has 0 saturated heterocycles. The van der Waals surface area contributed by atoms with Crippen LogP contribution in [-0.4, -0.2) is 0 Å². The molecule has 10 aromatic carbocycles. The number of hydrogen-bond acceptors (Lipinski definition) is 2. The molecule has 11 rings (SSSR count). The van der Waals surface area contributed by atoms with Crippen LogP contribution in [0.25, 0.3) is 85.5 Å². The molecule has 0 N–H and O–H groups in total. The molecule has 0 saturated carbocycles. The highest BCUT2D eigenvalue weighted by atomic mass is 32.1. The van der Waals surface area contributed by atoms with Crippen LogP contribution in [0.5, 0.6) is 0 Å². The van der Waals surface area contributed by atoms with Gasteiger partial charge < -0.3 is 4.90 Å². The summed E-state index contributed by atoms with van der Waals surface area (Å²) in [5, 5.41) is 8.84. The first-order valence-corrected chi connectivity index (χ1v) is 18.7. The van der Waals surface area contributed by atoms with Gasteiger partial charge in [0, 0.05) is 36.9 Å². The largest absolute Gasteiger partial charge is 0.310 e. The van der Waals surface area contributed by atoms with Gasteiger partial charge in [0.1, 0.15) is 0 Å². The van der Waals surface area contributed by atoms with Crippen LogP contribution < -0.4 is 4.90 Å². The zero-order chi connectivity index (χ0) is 42.6. The van der Waals surface area contributed by atoms with E-state index in [1.165, 1.54) is 16.2 Å². The number of hydrogen-bond donors (Lipinski definition) is 0. The van der Waals surface area contributed by atoms with Gasteiger partial charge in [0.25, 0.3) is 0 Å². The Balaban J connectivity index is 1.23. The van der Waals surface area contributed by atoms with Gasteiger partial charge in [-0.1, -0.05) is 158 Å². The Kier molecular flexibility index (Phi) is 5.47. The van der Waals surface area contributed by atoms with Crippen molar-refractivity contribution in [3.8, 4) is 22.3 Å². The van der Waals surface area contributed by atoms with Crippen molar-refractivity contribution in [1.29, 1.82) is 0 Å². The molecule has 0 aliphatic rings. The van der Waals surface area contributed by atoms with E-state index in [-0.39, 0.29) is 70.8 Å². The van der Waals surface area contributed by atoms with Crippen molar-refractivity contribution in [3.05, 3.63) is 200 Å². The fourth-order valence-electron chi connectivity index (χ4n) is 7.88. The van der Waals surface area contributed by atoms with Crippen molar-refractivity contribution in [3.63, 3.8) is 0 Å². The summed E-state index contributed by atoms with van der Waals surface area (Å²) < 4.78 is 79.7. The van der Waals surface area contributed by atoms with Crippen molar-refractivity contribution < 1.29 is 11.0 Å². The molecule has 0 bridgehead atoms. The minimum absolute atomic E-state index is 0.125. The van der Waals surface area contributed by atoms with Crippen molar-refractivity contribution in [2.75, 3.05) is 4.90 Å². The highest BCUT2D eigenvalue weighted by Gasteiger charge is 2.19. The first-order valence-electron chi connectivity index (χ1n) is 21.9. The van der Waals surface area contributed by atoms with E-state index in [9.17, 15) is 11.0 Å². The van der Waals surface area contributed by atoms with Crippen LogP contribution in [0.15, 0.2) is 200 Å². The average molecular weight is 712 g/mol. The van der Waals surface area contributed by atoms with Gasteiger partial charge in [-0.15, -0.1) is 11.3 Å². The molecule has 0 aliphatic heterocycles. The summed E-state index contributed by atoms with van der Waals surface area (Å²) >= 11 is 1.54. The average Bonchev–Trinajstić information content (AvgIpc) is 3.69. The second-order valence-corrected chi connectivity index (χ2v) is 14.5. The van der Waals surface area contributed by atoms with E-state index in [0.29, 0.717) is 22.2 Å². The molecule has 0 spiro atoms. The van der Waals surface area contributed by atoms with Gasteiger partial charge >= 0.3 is 0 Å². The van der Waals surface area contributed by atoms with Crippen molar-refractivity contribution in [1.82, 2.24) is 0 Å².